The lowest BCUT2D eigenvalue weighted by molar-refractivity contribution is -0.139. The van der Waals surface area contributed by atoms with Crippen molar-refractivity contribution < 1.29 is 33.3 Å². The highest BCUT2D eigenvalue weighted by molar-refractivity contribution is 6.46. The summed E-state index contributed by atoms with van der Waals surface area (Å²) in [6.45, 7) is 6.01. The van der Waals surface area contributed by atoms with Crippen molar-refractivity contribution in [3.63, 3.8) is 0 Å². The van der Waals surface area contributed by atoms with Crippen molar-refractivity contribution in [2.24, 2.45) is 0 Å². The van der Waals surface area contributed by atoms with E-state index in [2.05, 4.69) is 0 Å². The Morgan fingerprint density at radius 1 is 0.925 bits per heavy atom. The van der Waals surface area contributed by atoms with E-state index in [1.807, 2.05) is 32.9 Å². The summed E-state index contributed by atoms with van der Waals surface area (Å²) in [5.74, 6) is -0.443. The van der Waals surface area contributed by atoms with E-state index in [0.29, 0.717) is 40.4 Å². The molecule has 0 aromatic heterocycles. The van der Waals surface area contributed by atoms with Crippen LogP contribution in [0.5, 0.6) is 17.2 Å². The molecule has 1 atom stereocenters. The van der Waals surface area contributed by atoms with Crippen LogP contribution >= 0.6 is 0 Å². The maximum Gasteiger partial charge on any atom is 0.295 e. The Bertz CT molecular complexity index is 1460. The molecule has 0 radical (unpaired) electrons. The lowest BCUT2D eigenvalue weighted by Crippen LogP contribution is -2.31. The Hall–Kier alpha value is -4.33. The van der Waals surface area contributed by atoms with Crippen molar-refractivity contribution in [1.82, 2.24) is 4.90 Å². The summed E-state index contributed by atoms with van der Waals surface area (Å²) in [5.41, 5.74) is 3.38. The Morgan fingerprint density at radius 2 is 1.57 bits per heavy atom. The molecule has 7 nitrogen and oxygen atoms in total. The summed E-state index contributed by atoms with van der Waals surface area (Å²) in [7, 11) is 4.61. The average Bonchev–Trinajstić information content (AvgIpc) is 3.20. The molecular weight excluding hydrogens is 513 g/mol. The maximum atomic E-state index is 13.6. The van der Waals surface area contributed by atoms with Crippen molar-refractivity contribution >= 4 is 17.4 Å². The number of methoxy groups -OCH3 is 3. The number of aryl methyl sites for hydroxylation is 1. The summed E-state index contributed by atoms with van der Waals surface area (Å²) >= 11 is 0. The number of halogens is 1. The molecular formula is C32H34FNO6. The molecule has 1 unspecified atom stereocenters. The third-order valence-electron chi connectivity index (χ3n) is 7.27. The first-order valence-electron chi connectivity index (χ1n) is 13.0. The van der Waals surface area contributed by atoms with E-state index in [9.17, 15) is 19.1 Å². The molecule has 1 aliphatic rings. The highest BCUT2D eigenvalue weighted by Gasteiger charge is 2.46. The van der Waals surface area contributed by atoms with Crippen LogP contribution in [0.3, 0.4) is 0 Å². The normalized spacial score (nSPS) is 16.5. The lowest BCUT2D eigenvalue weighted by Gasteiger charge is -2.26. The van der Waals surface area contributed by atoms with Gasteiger partial charge in [-0.1, -0.05) is 32.0 Å². The molecule has 0 spiro atoms. The van der Waals surface area contributed by atoms with Crippen molar-refractivity contribution in [3.8, 4) is 17.2 Å². The van der Waals surface area contributed by atoms with Crippen LogP contribution in [0, 0.1) is 12.7 Å². The van der Waals surface area contributed by atoms with Gasteiger partial charge >= 0.3 is 0 Å². The summed E-state index contributed by atoms with van der Waals surface area (Å²) in [4.78, 5) is 28.5. The summed E-state index contributed by atoms with van der Waals surface area (Å²) in [6.07, 6.45) is 0.385. The number of aliphatic hydroxyl groups is 1. The van der Waals surface area contributed by atoms with Crippen LogP contribution in [-0.4, -0.2) is 49.6 Å². The molecule has 210 valence electrons. The minimum Gasteiger partial charge on any atom is -0.507 e. The fourth-order valence-electron chi connectivity index (χ4n) is 5.11. The molecule has 0 aliphatic carbocycles. The third kappa shape index (κ3) is 5.39. The number of nitrogens with zero attached hydrogens (tertiary/aromatic N) is 1. The fraction of sp³-hybridized carbons (Fsp3) is 0.312. The zero-order valence-corrected chi connectivity index (χ0v) is 23.6. The lowest BCUT2D eigenvalue weighted by atomic mass is 9.91. The predicted molar refractivity (Wildman–Crippen MR) is 150 cm³/mol. The Kier molecular flexibility index (Phi) is 8.47. The highest BCUT2D eigenvalue weighted by atomic mass is 19.1. The first-order valence-corrected chi connectivity index (χ1v) is 13.0. The van der Waals surface area contributed by atoms with Gasteiger partial charge in [0.15, 0.2) is 11.5 Å². The van der Waals surface area contributed by atoms with E-state index in [1.165, 1.54) is 31.3 Å². The van der Waals surface area contributed by atoms with Crippen LogP contribution in [-0.2, 0) is 16.0 Å². The van der Waals surface area contributed by atoms with Crippen LogP contribution in [0.25, 0.3) is 5.76 Å². The highest BCUT2D eigenvalue weighted by Crippen LogP contribution is 2.43. The van der Waals surface area contributed by atoms with E-state index >= 15 is 0 Å². The molecule has 1 heterocycles. The SMILES string of the molecule is COc1ccc(C2/C(=C(\O)c3cc(C(C)C)c(OC)cc3C)C(=O)C(=O)N2CCc2ccc(F)cc2)cc1OC. The van der Waals surface area contributed by atoms with Gasteiger partial charge in [-0.05, 0) is 77.9 Å². The van der Waals surface area contributed by atoms with Crippen LogP contribution in [0.2, 0.25) is 0 Å². The number of hydrogen-bond donors (Lipinski definition) is 1. The van der Waals surface area contributed by atoms with Gasteiger partial charge in [-0.25, -0.2) is 4.39 Å². The molecule has 1 aliphatic heterocycles. The molecule has 40 heavy (non-hydrogen) atoms. The molecule has 0 saturated carbocycles. The number of amides is 1. The van der Waals surface area contributed by atoms with E-state index in [1.54, 1.807) is 37.4 Å². The number of ketones is 1. The zero-order valence-electron chi connectivity index (χ0n) is 23.6. The van der Waals surface area contributed by atoms with Gasteiger partial charge in [-0.2, -0.15) is 0 Å². The van der Waals surface area contributed by atoms with Crippen LogP contribution in [0.15, 0.2) is 60.2 Å². The summed E-state index contributed by atoms with van der Waals surface area (Å²) in [5, 5.41) is 11.7. The number of aliphatic hydroxyl groups excluding tert-OH is 1. The molecule has 0 bridgehead atoms. The standard InChI is InChI=1S/C32H34FNO6/c1-18(2)23-17-24(19(3)15-26(23)39-5)30(35)28-29(21-9-12-25(38-4)27(16-21)40-6)34(32(37)31(28)36)14-13-20-7-10-22(33)11-8-20/h7-12,15-18,29,35H,13-14H2,1-6H3/b30-28+. The smallest absolute Gasteiger partial charge is 0.295 e. The number of likely N-dealkylation sites (tertiary alicyclic amines) is 1. The minimum atomic E-state index is -0.885. The minimum absolute atomic E-state index is 0.0145. The number of ether oxygens (including phenoxy) is 3. The second-order valence-electron chi connectivity index (χ2n) is 10.0. The van der Waals surface area contributed by atoms with E-state index in [0.717, 1.165) is 11.1 Å². The molecule has 3 aromatic rings. The summed E-state index contributed by atoms with van der Waals surface area (Å²) < 4.78 is 29.9. The van der Waals surface area contributed by atoms with E-state index in [4.69, 9.17) is 14.2 Å². The van der Waals surface area contributed by atoms with Gasteiger partial charge in [0.2, 0.25) is 0 Å². The van der Waals surface area contributed by atoms with Crippen molar-refractivity contribution in [1.29, 1.82) is 0 Å². The van der Waals surface area contributed by atoms with Gasteiger partial charge in [0, 0.05) is 12.1 Å². The van der Waals surface area contributed by atoms with Crippen LogP contribution in [0.4, 0.5) is 4.39 Å². The number of rotatable bonds is 9. The van der Waals surface area contributed by atoms with Crippen molar-refractivity contribution in [2.45, 2.75) is 39.2 Å². The molecule has 3 aromatic carbocycles. The number of carbonyl (C=O) groups is 2. The van der Waals surface area contributed by atoms with Crippen LogP contribution < -0.4 is 14.2 Å². The average molecular weight is 548 g/mol. The maximum absolute atomic E-state index is 13.6. The Morgan fingerprint density at radius 3 is 2.17 bits per heavy atom. The van der Waals surface area contributed by atoms with Crippen molar-refractivity contribution in [3.05, 3.63) is 93.8 Å². The number of hydrogen-bond acceptors (Lipinski definition) is 6. The molecule has 8 heteroatoms. The Labute approximate surface area is 233 Å². The predicted octanol–water partition coefficient (Wildman–Crippen LogP) is 5.95. The van der Waals surface area contributed by atoms with Gasteiger partial charge in [0.05, 0.1) is 32.9 Å². The van der Waals surface area contributed by atoms with Crippen LogP contribution in [0.1, 0.15) is 53.6 Å². The monoisotopic (exact) mass is 547 g/mol. The molecule has 1 amide bonds. The second kappa shape index (κ2) is 11.8. The molecule has 1 N–H and O–H groups in total. The van der Waals surface area contributed by atoms with Gasteiger partial charge in [0.25, 0.3) is 11.7 Å². The molecule has 1 fully saturated rings. The Balaban J connectivity index is 1.88. The zero-order chi connectivity index (χ0) is 29.1. The first-order chi connectivity index (χ1) is 19.1. The van der Waals surface area contributed by atoms with Gasteiger partial charge in [-0.3, -0.25) is 9.59 Å². The van der Waals surface area contributed by atoms with Gasteiger partial charge in [-0.15, -0.1) is 0 Å². The molecule has 1 saturated heterocycles. The topological polar surface area (TPSA) is 85.3 Å². The number of Topliss-reactive ketones (excluding diaryl/α,β-unsaturated/α-hetero) is 1. The van der Waals surface area contributed by atoms with Crippen molar-refractivity contribution in [2.75, 3.05) is 27.9 Å². The first kappa shape index (κ1) is 28.7. The molecule has 4 rings (SSSR count). The van der Waals surface area contributed by atoms with E-state index in [-0.39, 0.29) is 29.6 Å². The largest absolute Gasteiger partial charge is 0.507 e. The van der Waals surface area contributed by atoms with E-state index < -0.39 is 17.7 Å². The quantitative estimate of drug-likeness (QED) is 0.203. The number of carbonyl (C=O) groups excluding carboxylic acids is 2. The number of benzene rings is 3. The fourth-order valence-corrected chi connectivity index (χ4v) is 5.11. The summed E-state index contributed by atoms with van der Waals surface area (Å²) in [6, 6.07) is 13.9. The second-order valence-corrected chi connectivity index (χ2v) is 10.0. The third-order valence-corrected chi connectivity index (χ3v) is 7.27. The van der Waals surface area contributed by atoms with Gasteiger partial charge in [0.1, 0.15) is 17.3 Å². The van der Waals surface area contributed by atoms with Gasteiger partial charge < -0.3 is 24.2 Å².